The van der Waals surface area contributed by atoms with Crippen molar-refractivity contribution in [1.29, 1.82) is 0 Å². The fraction of sp³-hybridized carbons (Fsp3) is 0.227. The lowest BCUT2D eigenvalue weighted by atomic mass is 10.1. The molecule has 2 heterocycles. The van der Waals surface area contributed by atoms with Crippen LogP contribution in [0, 0.1) is 6.92 Å². The number of ether oxygens (including phenoxy) is 1. The maximum absolute atomic E-state index is 12.5. The summed E-state index contributed by atoms with van der Waals surface area (Å²) < 4.78 is 10.5. The summed E-state index contributed by atoms with van der Waals surface area (Å²) in [6, 6.07) is 13.8. The van der Waals surface area contributed by atoms with E-state index in [1.54, 1.807) is 43.3 Å². The molecular weight excluding hydrogens is 418 g/mol. The van der Waals surface area contributed by atoms with Gasteiger partial charge >= 0.3 is 5.97 Å². The highest BCUT2D eigenvalue weighted by atomic mass is 32.2. The van der Waals surface area contributed by atoms with Gasteiger partial charge in [0.15, 0.2) is 5.82 Å². The molecule has 0 radical (unpaired) electrons. The van der Waals surface area contributed by atoms with Crippen molar-refractivity contribution in [2.45, 2.75) is 24.0 Å². The smallest absolute Gasteiger partial charge is 0.339 e. The second-order valence-corrected chi connectivity index (χ2v) is 7.83. The van der Waals surface area contributed by atoms with Crippen LogP contribution in [0.5, 0.6) is 0 Å². The summed E-state index contributed by atoms with van der Waals surface area (Å²) in [4.78, 5) is 43.4. The molecule has 0 unspecified atom stereocenters. The summed E-state index contributed by atoms with van der Waals surface area (Å²) in [5.41, 5.74) is 1.25. The molecule has 0 saturated carbocycles. The minimum atomic E-state index is -0.466. The molecule has 0 bridgehead atoms. The predicted molar refractivity (Wildman–Crippen MR) is 112 cm³/mol. The lowest BCUT2D eigenvalue weighted by Crippen LogP contribution is -2.31. The van der Waals surface area contributed by atoms with Crippen molar-refractivity contribution in [1.82, 2.24) is 15.0 Å². The number of hydrogen-bond donors (Lipinski definition) is 0. The minimum Gasteiger partial charge on any atom is -0.462 e. The van der Waals surface area contributed by atoms with Crippen molar-refractivity contribution in [3.8, 4) is 0 Å². The third-order valence-electron chi connectivity index (χ3n) is 4.67. The van der Waals surface area contributed by atoms with E-state index in [0.717, 1.165) is 4.90 Å². The molecule has 31 heavy (non-hydrogen) atoms. The van der Waals surface area contributed by atoms with Crippen LogP contribution in [-0.2, 0) is 10.5 Å². The summed E-state index contributed by atoms with van der Waals surface area (Å²) >= 11 is 1.40. The number of imide groups is 1. The number of benzene rings is 2. The van der Waals surface area contributed by atoms with Crippen LogP contribution in [0.1, 0.15) is 49.2 Å². The molecule has 0 fully saturated rings. The van der Waals surface area contributed by atoms with E-state index in [4.69, 9.17) is 9.26 Å². The standard InChI is InChI=1S/C22H19N3O5S/c1-14-23-19(30-24-14)13-31-18-10-5-4-9-17(18)22(28)29-12-6-11-25-20(26)15-7-2-3-8-16(15)21(25)27/h2-5,7-10H,6,11-13H2,1H3. The Labute approximate surface area is 182 Å². The fourth-order valence-corrected chi connectivity index (χ4v) is 4.08. The molecule has 2 aromatic carbocycles. The minimum absolute atomic E-state index is 0.0914. The van der Waals surface area contributed by atoms with Gasteiger partial charge in [-0.3, -0.25) is 14.5 Å². The number of hydrogen-bond acceptors (Lipinski definition) is 8. The highest BCUT2D eigenvalue weighted by Gasteiger charge is 2.34. The zero-order valence-electron chi connectivity index (χ0n) is 16.7. The molecule has 0 N–H and O–H groups in total. The molecule has 4 rings (SSSR count). The van der Waals surface area contributed by atoms with Crippen molar-refractivity contribution in [3.05, 3.63) is 76.9 Å². The van der Waals surface area contributed by atoms with Crippen molar-refractivity contribution in [2.75, 3.05) is 13.2 Å². The van der Waals surface area contributed by atoms with Crippen LogP contribution < -0.4 is 0 Å². The van der Waals surface area contributed by atoms with Crippen LogP contribution in [0.4, 0.5) is 0 Å². The summed E-state index contributed by atoms with van der Waals surface area (Å²) in [5.74, 6) is 0.375. The van der Waals surface area contributed by atoms with Gasteiger partial charge < -0.3 is 9.26 Å². The Morgan fingerprint density at radius 1 is 1.06 bits per heavy atom. The van der Waals surface area contributed by atoms with Gasteiger partial charge in [-0.15, -0.1) is 11.8 Å². The average molecular weight is 437 g/mol. The fourth-order valence-electron chi connectivity index (χ4n) is 3.21. The Bertz CT molecular complexity index is 1110. The summed E-state index contributed by atoms with van der Waals surface area (Å²) in [6.07, 6.45) is 0.355. The topological polar surface area (TPSA) is 103 Å². The number of thioether (sulfide) groups is 1. The number of fused-ring (bicyclic) bond motifs is 1. The predicted octanol–water partition coefficient (Wildman–Crippen LogP) is 3.51. The number of carbonyl (C=O) groups is 3. The van der Waals surface area contributed by atoms with Crippen LogP contribution in [0.15, 0.2) is 57.9 Å². The van der Waals surface area contributed by atoms with E-state index in [0.29, 0.717) is 40.6 Å². The van der Waals surface area contributed by atoms with E-state index in [-0.39, 0.29) is 25.0 Å². The molecular formula is C22H19N3O5S. The highest BCUT2D eigenvalue weighted by molar-refractivity contribution is 7.98. The average Bonchev–Trinajstić information content (AvgIpc) is 3.31. The Hall–Kier alpha value is -3.46. The number of rotatable bonds is 8. The van der Waals surface area contributed by atoms with Crippen molar-refractivity contribution < 1.29 is 23.6 Å². The van der Waals surface area contributed by atoms with Gasteiger partial charge in [-0.2, -0.15) is 4.98 Å². The highest BCUT2D eigenvalue weighted by Crippen LogP contribution is 2.26. The molecule has 9 heteroatoms. The van der Waals surface area contributed by atoms with Gasteiger partial charge in [0.1, 0.15) is 0 Å². The molecule has 8 nitrogen and oxygen atoms in total. The second kappa shape index (κ2) is 9.13. The lowest BCUT2D eigenvalue weighted by Gasteiger charge is -2.14. The first-order valence-electron chi connectivity index (χ1n) is 9.68. The van der Waals surface area contributed by atoms with E-state index in [1.807, 2.05) is 12.1 Å². The first-order valence-corrected chi connectivity index (χ1v) is 10.7. The Kier molecular flexibility index (Phi) is 6.13. The van der Waals surface area contributed by atoms with Gasteiger partial charge in [-0.05, 0) is 37.6 Å². The van der Waals surface area contributed by atoms with E-state index < -0.39 is 5.97 Å². The Balaban J connectivity index is 1.30. The number of aromatic nitrogens is 2. The van der Waals surface area contributed by atoms with Crippen molar-refractivity contribution in [2.24, 2.45) is 0 Å². The first kappa shape index (κ1) is 20.8. The number of amides is 2. The number of esters is 1. The molecule has 158 valence electrons. The third-order valence-corrected chi connectivity index (χ3v) is 5.72. The zero-order valence-corrected chi connectivity index (χ0v) is 17.6. The van der Waals surface area contributed by atoms with Gasteiger partial charge in [0.25, 0.3) is 11.8 Å². The van der Waals surface area contributed by atoms with Crippen LogP contribution in [0.25, 0.3) is 0 Å². The normalized spacial score (nSPS) is 12.9. The first-order chi connectivity index (χ1) is 15.0. The molecule has 2 amide bonds. The number of carbonyl (C=O) groups excluding carboxylic acids is 3. The zero-order chi connectivity index (χ0) is 21.8. The van der Waals surface area contributed by atoms with Crippen molar-refractivity contribution >= 4 is 29.5 Å². The molecule has 0 saturated heterocycles. The Morgan fingerprint density at radius 3 is 2.42 bits per heavy atom. The third kappa shape index (κ3) is 4.51. The largest absolute Gasteiger partial charge is 0.462 e. The van der Waals surface area contributed by atoms with Gasteiger partial charge in [-0.1, -0.05) is 29.4 Å². The van der Waals surface area contributed by atoms with Gasteiger partial charge in [-0.25, -0.2) is 4.79 Å². The van der Waals surface area contributed by atoms with E-state index >= 15 is 0 Å². The van der Waals surface area contributed by atoms with Gasteiger partial charge in [0.2, 0.25) is 5.89 Å². The quantitative estimate of drug-likeness (QED) is 0.228. The van der Waals surface area contributed by atoms with Crippen molar-refractivity contribution in [3.63, 3.8) is 0 Å². The lowest BCUT2D eigenvalue weighted by molar-refractivity contribution is 0.0478. The summed E-state index contributed by atoms with van der Waals surface area (Å²) in [7, 11) is 0. The molecule has 1 aliphatic rings. The van der Waals surface area contributed by atoms with Crippen LogP contribution >= 0.6 is 11.8 Å². The summed E-state index contributed by atoms with van der Waals surface area (Å²) in [5, 5.41) is 3.75. The maximum atomic E-state index is 12.5. The molecule has 1 aliphatic heterocycles. The molecule has 3 aromatic rings. The molecule has 1 aromatic heterocycles. The number of nitrogens with zero attached hydrogens (tertiary/aromatic N) is 3. The Morgan fingerprint density at radius 2 is 1.74 bits per heavy atom. The van der Waals surface area contributed by atoms with E-state index in [9.17, 15) is 14.4 Å². The maximum Gasteiger partial charge on any atom is 0.339 e. The summed E-state index contributed by atoms with van der Waals surface area (Å²) in [6.45, 7) is 2.02. The van der Waals surface area contributed by atoms with E-state index in [2.05, 4.69) is 10.1 Å². The van der Waals surface area contributed by atoms with Gasteiger partial charge in [0.05, 0.1) is 29.1 Å². The van der Waals surface area contributed by atoms with Gasteiger partial charge in [0, 0.05) is 11.4 Å². The van der Waals surface area contributed by atoms with Crippen LogP contribution in [0.2, 0.25) is 0 Å². The SMILES string of the molecule is Cc1noc(CSc2ccccc2C(=O)OCCCN2C(=O)c3ccccc3C2=O)n1. The van der Waals surface area contributed by atoms with Crippen LogP contribution in [-0.4, -0.2) is 46.0 Å². The van der Waals surface area contributed by atoms with E-state index in [1.165, 1.54) is 16.7 Å². The molecule has 0 aliphatic carbocycles. The van der Waals surface area contributed by atoms with Crippen LogP contribution in [0.3, 0.4) is 0 Å². The molecule has 0 atom stereocenters. The number of aryl methyl sites for hydroxylation is 1. The molecule has 0 spiro atoms. The monoisotopic (exact) mass is 437 g/mol. The second-order valence-electron chi connectivity index (χ2n) is 6.82.